The van der Waals surface area contributed by atoms with E-state index in [0.717, 1.165) is 25.7 Å². The Morgan fingerprint density at radius 2 is 0.618 bits per heavy atom. The lowest BCUT2D eigenvalue weighted by atomic mass is 10.0. The van der Waals surface area contributed by atoms with Gasteiger partial charge < -0.3 is 55.5 Å². The number of rotatable bonds is 23. The van der Waals surface area contributed by atoms with Gasteiger partial charge in [0.1, 0.15) is 0 Å². The van der Waals surface area contributed by atoms with Crippen molar-refractivity contribution in [1.82, 2.24) is 0 Å². The molecule has 0 aliphatic heterocycles. The van der Waals surface area contributed by atoms with Crippen molar-refractivity contribution in [2.24, 2.45) is 0 Å². The van der Waals surface area contributed by atoms with E-state index >= 15 is 0 Å². The van der Waals surface area contributed by atoms with Gasteiger partial charge in [-0.25, -0.2) is 0 Å². The predicted octanol–water partition coefficient (Wildman–Crippen LogP) is 0.474. The maximum atomic E-state index is 9.23. The summed E-state index contributed by atoms with van der Waals surface area (Å²) < 4.78 is 13.5. The van der Waals surface area contributed by atoms with Crippen molar-refractivity contribution in [3.05, 3.63) is 0 Å². The fourth-order valence-electron chi connectivity index (χ4n) is 3.73. The van der Waals surface area contributed by atoms with Gasteiger partial charge in [-0.15, -0.1) is 0 Å². The minimum absolute atomic E-state index is 0.184. The van der Waals surface area contributed by atoms with Crippen LogP contribution in [0.4, 0.5) is 0 Å². The second kappa shape index (κ2) is 17.8. The Kier molecular flexibility index (Phi) is 18.0. The van der Waals surface area contributed by atoms with Crippen LogP contribution in [-0.4, -0.2) is 79.1 Å². The van der Waals surface area contributed by atoms with E-state index in [-0.39, 0.29) is 6.42 Å². The van der Waals surface area contributed by atoms with Gasteiger partial charge >= 0.3 is 35.9 Å². The van der Waals surface area contributed by atoms with Gasteiger partial charge in [0, 0.05) is 6.04 Å². The van der Waals surface area contributed by atoms with Gasteiger partial charge in [-0.2, -0.15) is 0 Å². The van der Waals surface area contributed by atoms with E-state index in [1.807, 2.05) is 0 Å². The molecule has 0 unspecified atom stereocenters. The van der Waals surface area contributed by atoms with Gasteiger partial charge in [-0.1, -0.05) is 103 Å². The van der Waals surface area contributed by atoms with Crippen LogP contribution in [0.1, 0.15) is 110 Å². The van der Waals surface area contributed by atoms with Crippen LogP contribution in [0.15, 0.2) is 0 Å². The lowest BCUT2D eigenvalue weighted by molar-refractivity contribution is 0.0251. The first-order valence-corrected chi connectivity index (χ1v) is 19.5. The van der Waals surface area contributed by atoms with Crippen molar-refractivity contribution in [2.75, 3.05) is 0 Å². The first-order valence-electron chi connectivity index (χ1n) is 12.3. The van der Waals surface area contributed by atoms with Crippen molar-refractivity contribution >= 4 is 35.9 Å². The average Bonchev–Trinajstić information content (AvgIpc) is 2.63. The molecule has 0 rings (SSSR count). The number of hydrogen-bond acceptors (Lipinski definition) is 12. The summed E-state index contributed by atoms with van der Waals surface area (Å²) in [4.78, 5) is 83.0. The topological polar surface area (TPSA) is 210 Å². The van der Waals surface area contributed by atoms with Gasteiger partial charge in [0.25, 0.3) is 0 Å². The van der Waals surface area contributed by atoms with Crippen LogP contribution < -0.4 is 0 Å². The second-order valence-corrected chi connectivity index (χ2v) is 16.5. The summed E-state index contributed by atoms with van der Waals surface area (Å²) in [5.41, 5.74) is 0. The largest absolute Gasteiger partial charge is 0.663 e. The Balaban J connectivity index is 4.16. The SMILES string of the molecule is CCCCCCCCCCCCCCCCCC[Si](O[Si](O)(O)O)(O[Si](O)(O)O)O[Si](O)(O)O. The van der Waals surface area contributed by atoms with E-state index in [9.17, 15) is 43.2 Å². The van der Waals surface area contributed by atoms with E-state index in [2.05, 4.69) is 19.3 Å². The van der Waals surface area contributed by atoms with Gasteiger partial charge in [-0.3, -0.25) is 0 Å². The molecule has 0 radical (unpaired) electrons. The number of unbranched alkanes of at least 4 members (excludes halogenated alkanes) is 15. The Labute approximate surface area is 207 Å². The Hall–Kier alpha value is 0.388. The Morgan fingerprint density at radius 1 is 0.382 bits per heavy atom. The van der Waals surface area contributed by atoms with Crippen LogP contribution in [0.2, 0.25) is 6.04 Å². The summed E-state index contributed by atoms with van der Waals surface area (Å²) in [6, 6.07) is -0.436. The lowest BCUT2D eigenvalue weighted by Crippen LogP contribution is -2.66. The molecule has 12 nitrogen and oxygen atoms in total. The fourth-order valence-corrected chi connectivity index (χ4v) is 12.3. The van der Waals surface area contributed by atoms with Crippen LogP contribution in [0.5, 0.6) is 0 Å². The lowest BCUT2D eigenvalue weighted by Gasteiger charge is -2.34. The van der Waals surface area contributed by atoms with Gasteiger partial charge in [-0.05, 0) is 6.42 Å². The van der Waals surface area contributed by atoms with Crippen LogP contribution in [0.3, 0.4) is 0 Å². The molecule has 0 saturated carbocycles. The normalized spacial score (nSPS) is 13.6. The van der Waals surface area contributed by atoms with Crippen LogP contribution in [0, 0.1) is 0 Å². The van der Waals surface area contributed by atoms with Gasteiger partial charge in [0.05, 0.1) is 0 Å². The zero-order valence-electron chi connectivity index (χ0n) is 20.3. The van der Waals surface area contributed by atoms with E-state index < -0.39 is 42.0 Å². The molecule has 0 fully saturated rings. The minimum atomic E-state index is -5.41. The quantitative estimate of drug-likeness (QED) is 0.0610. The molecule has 0 heterocycles. The molecule has 0 aromatic rings. The molecule has 0 amide bonds. The zero-order chi connectivity index (χ0) is 26.1. The van der Waals surface area contributed by atoms with Crippen molar-refractivity contribution in [3.8, 4) is 0 Å². The average molecular weight is 567 g/mol. The molecule has 34 heavy (non-hydrogen) atoms. The molecule has 0 atom stereocenters. The maximum absolute atomic E-state index is 9.23. The van der Waals surface area contributed by atoms with Gasteiger partial charge in [0.15, 0.2) is 0 Å². The summed E-state index contributed by atoms with van der Waals surface area (Å²) in [6.45, 7) is 2.22. The van der Waals surface area contributed by atoms with Gasteiger partial charge in [0.2, 0.25) is 0 Å². The third-order valence-corrected chi connectivity index (χ3v) is 13.2. The number of hydrogen-bond donors (Lipinski definition) is 9. The van der Waals surface area contributed by atoms with Crippen LogP contribution >= 0.6 is 0 Å². The van der Waals surface area contributed by atoms with Crippen LogP contribution in [-0.2, 0) is 12.3 Å². The molecule has 0 bridgehead atoms. The molecule has 0 aliphatic carbocycles. The molecule has 0 aromatic carbocycles. The van der Waals surface area contributed by atoms with Crippen molar-refractivity contribution in [1.29, 1.82) is 0 Å². The molecule has 0 spiro atoms. The molecule has 16 heteroatoms. The first-order chi connectivity index (χ1) is 15.7. The molecule has 206 valence electrons. The van der Waals surface area contributed by atoms with E-state index in [4.69, 9.17) is 0 Å². The highest BCUT2D eigenvalue weighted by Gasteiger charge is 2.60. The molecule has 9 N–H and O–H groups in total. The van der Waals surface area contributed by atoms with Crippen molar-refractivity contribution in [2.45, 2.75) is 116 Å². The molecular weight excluding hydrogens is 521 g/mol. The first kappa shape index (κ1) is 34.4. The third-order valence-electron chi connectivity index (χ3n) is 5.21. The molecule has 0 aliphatic rings. The van der Waals surface area contributed by atoms with E-state index in [0.29, 0.717) is 6.42 Å². The summed E-state index contributed by atoms with van der Waals surface area (Å²) >= 11 is 0. The zero-order valence-corrected chi connectivity index (χ0v) is 24.3. The predicted molar refractivity (Wildman–Crippen MR) is 131 cm³/mol. The van der Waals surface area contributed by atoms with Crippen LogP contribution in [0.25, 0.3) is 0 Å². The maximum Gasteiger partial charge on any atom is 0.663 e. The van der Waals surface area contributed by atoms with Crippen molar-refractivity contribution < 1.29 is 55.5 Å². The summed E-state index contributed by atoms with van der Waals surface area (Å²) in [5, 5.41) is 0. The third kappa shape index (κ3) is 22.8. The second-order valence-electron chi connectivity index (χ2n) is 8.76. The highest BCUT2D eigenvalue weighted by molar-refractivity contribution is 6.80. The highest BCUT2D eigenvalue weighted by atomic mass is 28.5. The molecule has 0 saturated heterocycles. The molecular formula is C18H46O12Si4. The minimum Gasteiger partial charge on any atom is -0.368 e. The van der Waals surface area contributed by atoms with Crippen molar-refractivity contribution in [3.63, 3.8) is 0 Å². The Bertz CT molecular complexity index is 456. The van der Waals surface area contributed by atoms with E-state index in [1.54, 1.807) is 0 Å². The highest BCUT2D eigenvalue weighted by Crippen LogP contribution is 2.26. The standard InChI is InChI=1S/C18H46O12Si4/c1-2-3-4-5-6-7-8-9-10-11-12-13-14-15-16-17-18-31(28-32(19,20)21,29-33(22,23)24)30-34(25,26)27/h19-27H,2-18H2,1H3. The molecule has 0 aromatic heterocycles. The summed E-state index contributed by atoms with van der Waals surface area (Å²) in [7, 11) is -21.1. The summed E-state index contributed by atoms with van der Waals surface area (Å²) in [6.07, 6.45) is 17.5. The fraction of sp³-hybridized carbons (Fsp3) is 1.00. The Morgan fingerprint density at radius 3 is 0.853 bits per heavy atom. The smallest absolute Gasteiger partial charge is 0.368 e. The summed E-state index contributed by atoms with van der Waals surface area (Å²) in [5.74, 6) is 0. The van der Waals surface area contributed by atoms with E-state index in [1.165, 1.54) is 64.2 Å². The monoisotopic (exact) mass is 566 g/mol.